The quantitative estimate of drug-likeness (QED) is 0.922. The van der Waals surface area contributed by atoms with Gasteiger partial charge in [0.15, 0.2) is 11.5 Å². The Bertz CT molecular complexity index is 601. The predicted molar refractivity (Wildman–Crippen MR) is 78.0 cm³/mol. The van der Waals surface area contributed by atoms with Crippen LogP contribution in [-0.4, -0.2) is 10.8 Å². The van der Waals surface area contributed by atoms with E-state index in [2.05, 4.69) is 10.3 Å². The molecule has 0 bridgehead atoms. The zero-order chi connectivity index (χ0) is 14.0. The zero-order valence-corrected chi connectivity index (χ0v) is 11.7. The third-order valence-electron chi connectivity index (χ3n) is 3.46. The van der Waals surface area contributed by atoms with Gasteiger partial charge in [-0.15, -0.1) is 0 Å². The third kappa shape index (κ3) is 2.54. The molecule has 1 aromatic heterocycles. The average molecular weight is 270 g/mol. The monoisotopic (exact) mass is 270 g/mol. The summed E-state index contributed by atoms with van der Waals surface area (Å²) in [7, 11) is 0. The summed E-state index contributed by atoms with van der Waals surface area (Å²) in [6.07, 6.45) is 4.43. The Kier molecular flexibility index (Phi) is 3.22. The van der Waals surface area contributed by atoms with Gasteiger partial charge in [0.25, 0.3) is 0 Å². The van der Waals surface area contributed by atoms with Crippen molar-refractivity contribution in [3.63, 3.8) is 0 Å². The van der Waals surface area contributed by atoms with Crippen LogP contribution in [0.3, 0.4) is 0 Å². The highest BCUT2D eigenvalue weighted by molar-refractivity contribution is 5.56. The van der Waals surface area contributed by atoms with Crippen LogP contribution in [0.5, 0.6) is 11.5 Å². The number of rotatable bonds is 4. The number of ether oxygens (including phenoxy) is 2. The molecule has 4 nitrogen and oxygen atoms in total. The summed E-state index contributed by atoms with van der Waals surface area (Å²) in [4.78, 5) is 4.10. The van der Waals surface area contributed by atoms with Crippen molar-refractivity contribution in [2.45, 2.75) is 32.6 Å². The number of nitrogens with one attached hydrogen (secondary N) is 1. The van der Waals surface area contributed by atoms with Gasteiger partial charge in [0, 0.05) is 44.0 Å². The summed E-state index contributed by atoms with van der Waals surface area (Å²) in [6, 6.07) is 9.90. The lowest BCUT2D eigenvalue weighted by Crippen LogP contribution is -2.33. The van der Waals surface area contributed by atoms with Gasteiger partial charge in [-0.25, -0.2) is 0 Å². The lowest BCUT2D eigenvalue weighted by Gasteiger charge is -2.20. The Hall–Kier alpha value is -2.23. The van der Waals surface area contributed by atoms with Crippen molar-refractivity contribution in [1.82, 2.24) is 4.98 Å². The van der Waals surface area contributed by atoms with Crippen LogP contribution in [0.15, 0.2) is 42.7 Å². The Morgan fingerprint density at radius 3 is 2.80 bits per heavy atom. The standard InChI is InChI=1S/C16H18N2O2/c1-3-16(2)19-14-7-6-13(9-15(14)20-16)18-11-12-5-4-8-17-10-12/h4-10,18H,3,11H2,1-2H3/t16-/m0/s1. The largest absolute Gasteiger partial charge is 0.449 e. The van der Waals surface area contributed by atoms with Crippen molar-refractivity contribution < 1.29 is 9.47 Å². The number of aromatic nitrogens is 1. The molecule has 0 amide bonds. The summed E-state index contributed by atoms with van der Waals surface area (Å²) in [5.74, 6) is 1.07. The molecule has 0 saturated heterocycles. The first-order valence-electron chi connectivity index (χ1n) is 6.83. The maximum absolute atomic E-state index is 5.86. The van der Waals surface area contributed by atoms with Gasteiger partial charge in [0.2, 0.25) is 5.79 Å². The fourth-order valence-corrected chi connectivity index (χ4v) is 2.12. The molecule has 1 aliphatic rings. The van der Waals surface area contributed by atoms with Gasteiger partial charge < -0.3 is 14.8 Å². The van der Waals surface area contributed by atoms with Crippen LogP contribution in [0.2, 0.25) is 0 Å². The summed E-state index contributed by atoms with van der Waals surface area (Å²) in [5.41, 5.74) is 2.15. The van der Waals surface area contributed by atoms with E-state index in [0.717, 1.165) is 35.7 Å². The van der Waals surface area contributed by atoms with Crippen LogP contribution in [0.25, 0.3) is 0 Å². The highest BCUT2D eigenvalue weighted by atomic mass is 16.7. The fraction of sp³-hybridized carbons (Fsp3) is 0.312. The van der Waals surface area contributed by atoms with Gasteiger partial charge in [-0.1, -0.05) is 13.0 Å². The number of nitrogens with zero attached hydrogens (tertiary/aromatic N) is 1. The normalized spacial score (nSPS) is 19.9. The van der Waals surface area contributed by atoms with E-state index in [9.17, 15) is 0 Å². The Morgan fingerprint density at radius 2 is 2.05 bits per heavy atom. The summed E-state index contributed by atoms with van der Waals surface area (Å²) in [5, 5.41) is 3.36. The maximum atomic E-state index is 5.86. The highest BCUT2D eigenvalue weighted by Gasteiger charge is 2.34. The van der Waals surface area contributed by atoms with Crippen molar-refractivity contribution in [2.24, 2.45) is 0 Å². The Morgan fingerprint density at radius 1 is 1.20 bits per heavy atom. The van der Waals surface area contributed by atoms with E-state index in [1.165, 1.54) is 0 Å². The molecule has 0 saturated carbocycles. The number of anilines is 1. The van der Waals surface area contributed by atoms with Crippen LogP contribution in [-0.2, 0) is 6.54 Å². The van der Waals surface area contributed by atoms with E-state index in [4.69, 9.17) is 9.47 Å². The zero-order valence-electron chi connectivity index (χ0n) is 11.7. The first-order chi connectivity index (χ1) is 9.68. The highest BCUT2D eigenvalue weighted by Crippen LogP contribution is 2.42. The number of hydrogen-bond acceptors (Lipinski definition) is 4. The summed E-state index contributed by atoms with van der Waals surface area (Å²) >= 11 is 0. The van der Waals surface area contributed by atoms with Crippen molar-refractivity contribution in [3.8, 4) is 11.5 Å². The van der Waals surface area contributed by atoms with E-state index < -0.39 is 5.79 Å². The van der Waals surface area contributed by atoms with Gasteiger partial charge in [-0.05, 0) is 23.8 Å². The first kappa shape index (κ1) is 12.8. The number of benzene rings is 1. The molecule has 0 unspecified atom stereocenters. The van der Waals surface area contributed by atoms with Gasteiger partial charge in [0.05, 0.1) is 0 Å². The third-order valence-corrected chi connectivity index (χ3v) is 3.46. The van der Waals surface area contributed by atoms with E-state index in [0.29, 0.717) is 0 Å². The van der Waals surface area contributed by atoms with Gasteiger partial charge in [-0.2, -0.15) is 0 Å². The van der Waals surface area contributed by atoms with E-state index in [1.54, 1.807) is 6.20 Å². The molecule has 1 atom stereocenters. The molecule has 104 valence electrons. The first-order valence-corrected chi connectivity index (χ1v) is 6.83. The molecule has 2 aromatic rings. The lowest BCUT2D eigenvalue weighted by molar-refractivity contribution is -0.0640. The number of pyridine rings is 1. The Labute approximate surface area is 118 Å². The minimum Gasteiger partial charge on any atom is -0.449 e. The van der Waals surface area contributed by atoms with Crippen molar-refractivity contribution in [2.75, 3.05) is 5.32 Å². The second-order valence-corrected chi connectivity index (χ2v) is 5.07. The van der Waals surface area contributed by atoms with E-state index >= 15 is 0 Å². The molecule has 4 heteroatoms. The SMILES string of the molecule is CC[C@@]1(C)Oc2ccc(NCc3cccnc3)cc2O1. The lowest BCUT2D eigenvalue weighted by atomic mass is 10.2. The average Bonchev–Trinajstić information content (AvgIpc) is 2.82. The molecule has 0 fully saturated rings. The predicted octanol–water partition coefficient (Wildman–Crippen LogP) is 3.59. The topological polar surface area (TPSA) is 43.4 Å². The molecule has 1 N–H and O–H groups in total. The molecule has 1 aromatic carbocycles. The molecule has 20 heavy (non-hydrogen) atoms. The molecule has 3 rings (SSSR count). The smallest absolute Gasteiger partial charge is 0.248 e. The molecule has 0 spiro atoms. The van der Waals surface area contributed by atoms with Crippen molar-refractivity contribution >= 4 is 5.69 Å². The van der Waals surface area contributed by atoms with Gasteiger partial charge >= 0.3 is 0 Å². The molecule has 2 heterocycles. The molecular weight excluding hydrogens is 252 g/mol. The van der Waals surface area contributed by atoms with Crippen LogP contribution in [0, 0.1) is 0 Å². The van der Waals surface area contributed by atoms with Crippen LogP contribution < -0.4 is 14.8 Å². The second kappa shape index (κ2) is 5.04. The van der Waals surface area contributed by atoms with Crippen LogP contribution in [0.4, 0.5) is 5.69 Å². The number of hydrogen-bond donors (Lipinski definition) is 1. The Balaban J connectivity index is 1.70. The molecule has 1 aliphatic heterocycles. The van der Waals surface area contributed by atoms with Crippen LogP contribution in [0.1, 0.15) is 25.8 Å². The summed E-state index contributed by atoms with van der Waals surface area (Å²) < 4.78 is 11.7. The van der Waals surface area contributed by atoms with Crippen molar-refractivity contribution in [3.05, 3.63) is 48.3 Å². The number of fused-ring (bicyclic) bond motifs is 1. The molecular formula is C16H18N2O2. The van der Waals surface area contributed by atoms with Gasteiger partial charge in [-0.3, -0.25) is 4.98 Å². The maximum Gasteiger partial charge on any atom is 0.248 e. The molecule has 0 aliphatic carbocycles. The second-order valence-electron chi connectivity index (χ2n) is 5.07. The van der Waals surface area contributed by atoms with Crippen molar-refractivity contribution in [1.29, 1.82) is 0 Å². The summed E-state index contributed by atoms with van der Waals surface area (Å²) in [6.45, 7) is 4.74. The van der Waals surface area contributed by atoms with E-state index in [-0.39, 0.29) is 0 Å². The fourth-order valence-electron chi connectivity index (χ4n) is 2.12. The minimum atomic E-state index is -0.537. The molecule has 0 radical (unpaired) electrons. The van der Waals surface area contributed by atoms with Gasteiger partial charge in [0.1, 0.15) is 0 Å². The van der Waals surface area contributed by atoms with E-state index in [1.807, 2.05) is 50.4 Å². The minimum absolute atomic E-state index is 0.537. The van der Waals surface area contributed by atoms with Crippen LogP contribution >= 0.6 is 0 Å².